The van der Waals surface area contributed by atoms with Crippen molar-refractivity contribution in [3.8, 4) is 0 Å². The highest BCUT2D eigenvalue weighted by atomic mass is 32.1. The fourth-order valence-corrected chi connectivity index (χ4v) is 2.46. The molecule has 1 aliphatic rings. The van der Waals surface area contributed by atoms with E-state index in [4.69, 9.17) is 5.11 Å². The standard InChI is InChI=1S/C11H12N2O4S/c14-9-5-13(8(4-12-9)11(16)17)10(15)3-7-1-2-18-6-7/h1-2,6,8H,3-5H2,(H,12,14)(H,16,17). The summed E-state index contributed by atoms with van der Waals surface area (Å²) in [6.07, 6.45) is 0.126. The van der Waals surface area contributed by atoms with Gasteiger partial charge in [0.25, 0.3) is 0 Å². The highest BCUT2D eigenvalue weighted by molar-refractivity contribution is 7.07. The molecule has 96 valence electrons. The molecule has 0 radical (unpaired) electrons. The second-order valence-electron chi connectivity index (χ2n) is 3.99. The molecule has 0 bridgehead atoms. The summed E-state index contributed by atoms with van der Waals surface area (Å²) in [5.74, 6) is -1.77. The number of amides is 2. The van der Waals surface area contributed by atoms with Crippen LogP contribution >= 0.6 is 11.3 Å². The molecule has 0 saturated carbocycles. The molecule has 18 heavy (non-hydrogen) atoms. The molecule has 2 amide bonds. The number of hydrogen-bond donors (Lipinski definition) is 2. The van der Waals surface area contributed by atoms with Crippen LogP contribution < -0.4 is 5.32 Å². The largest absolute Gasteiger partial charge is 0.480 e. The van der Waals surface area contributed by atoms with Crippen molar-refractivity contribution in [2.24, 2.45) is 0 Å². The van der Waals surface area contributed by atoms with E-state index in [2.05, 4.69) is 5.32 Å². The molecule has 1 atom stereocenters. The van der Waals surface area contributed by atoms with Gasteiger partial charge in [-0.25, -0.2) is 4.79 Å². The Labute approximate surface area is 107 Å². The van der Waals surface area contributed by atoms with Gasteiger partial charge >= 0.3 is 5.97 Å². The number of carboxylic acids is 1. The molecule has 1 aromatic heterocycles. The second-order valence-corrected chi connectivity index (χ2v) is 4.77. The predicted molar refractivity (Wildman–Crippen MR) is 64.2 cm³/mol. The van der Waals surface area contributed by atoms with Gasteiger partial charge in [0, 0.05) is 6.54 Å². The van der Waals surface area contributed by atoms with Gasteiger partial charge in [-0.15, -0.1) is 0 Å². The van der Waals surface area contributed by atoms with E-state index in [1.54, 1.807) is 0 Å². The van der Waals surface area contributed by atoms with Crippen molar-refractivity contribution in [2.45, 2.75) is 12.5 Å². The lowest BCUT2D eigenvalue weighted by Gasteiger charge is -2.32. The first-order valence-electron chi connectivity index (χ1n) is 5.38. The van der Waals surface area contributed by atoms with Crippen LogP contribution in [0.1, 0.15) is 5.56 Å². The topological polar surface area (TPSA) is 86.7 Å². The van der Waals surface area contributed by atoms with Crippen LogP contribution in [-0.4, -0.2) is 46.9 Å². The summed E-state index contributed by atoms with van der Waals surface area (Å²) >= 11 is 1.47. The first-order chi connectivity index (χ1) is 8.58. The maximum atomic E-state index is 12.0. The number of hydrogen-bond acceptors (Lipinski definition) is 4. The van der Waals surface area contributed by atoms with Gasteiger partial charge in [0.1, 0.15) is 12.6 Å². The van der Waals surface area contributed by atoms with Crippen LogP contribution in [0.4, 0.5) is 0 Å². The fourth-order valence-electron chi connectivity index (χ4n) is 1.79. The summed E-state index contributed by atoms with van der Waals surface area (Å²) in [7, 11) is 0. The molecule has 0 aliphatic carbocycles. The Morgan fingerprint density at radius 1 is 1.56 bits per heavy atom. The minimum atomic E-state index is -1.10. The maximum Gasteiger partial charge on any atom is 0.328 e. The van der Waals surface area contributed by atoms with Crippen LogP contribution in [0.5, 0.6) is 0 Å². The van der Waals surface area contributed by atoms with E-state index in [1.807, 2.05) is 16.8 Å². The molecule has 1 saturated heterocycles. The Hall–Kier alpha value is -1.89. The van der Waals surface area contributed by atoms with Crippen LogP contribution in [0, 0.1) is 0 Å². The van der Waals surface area contributed by atoms with Crippen LogP contribution in [-0.2, 0) is 20.8 Å². The first-order valence-corrected chi connectivity index (χ1v) is 6.32. The molecule has 6 nitrogen and oxygen atoms in total. The summed E-state index contributed by atoms with van der Waals surface area (Å²) in [5.41, 5.74) is 0.833. The fraction of sp³-hybridized carbons (Fsp3) is 0.364. The lowest BCUT2D eigenvalue weighted by atomic mass is 10.1. The van der Waals surface area contributed by atoms with Crippen molar-refractivity contribution in [3.63, 3.8) is 0 Å². The molecule has 1 fully saturated rings. The highest BCUT2D eigenvalue weighted by Crippen LogP contribution is 2.11. The van der Waals surface area contributed by atoms with Gasteiger partial charge in [-0.1, -0.05) is 0 Å². The number of thiophene rings is 1. The number of nitrogens with one attached hydrogen (secondary N) is 1. The Balaban J connectivity index is 2.09. The van der Waals surface area contributed by atoms with Gasteiger partial charge < -0.3 is 15.3 Å². The van der Waals surface area contributed by atoms with Crippen molar-refractivity contribution in [1.82, 2.24) is 10.2 Å². The SMILES string of the molecule is O=C1CN(C(=O)Cc2ccsc2)C(C(=O)O)CN1. The van der Waals surface area contributed by atoms with E-state index in [9.17, 15) is 14.4 Å². The van der Waals surface area contributed by atoms with Gasteiger partial charge in [0.15, 0.2) is 0 Å². The van der Waals surface area contributed by atoms with E-state index in [0.717, 1.165) is 10.5 Å². The van der Waals surface area contributed by atoms with Crippen molar-refractivity contribution in [1.29, 1.82) is 0 Å². The number of carbonyl (C=O) groups is 3. The molecule has 0 spiro atoms. The maximum absolute atomic E-state index is 12.0. The molecular weight excluding hydrogens is 256 g/mol. The van der Waals surface area contributed by atoms with Gasteiger partial charge in [-0.2, -0.15) is 11.3 Å². The molecule has 1 aliphatic heterocycles. The van der Waals surface area contributed by atoms with Gasteiger partial charge in [0.2, 0.25) is 11.8 Å². The summed E-state index contributed by atoms with van der Waals surface area (Å²) in [6, 6.07) is 0.830. The Morgan fingerprint density at radius 3 is 2.94 bits per heavy atom. The number of aliphatic carboxylic acids is 1. The molecule has 2 heterocycles. The molecule has 2 rings (SSSR count). The number of piperazine rings is 1. The number of nitrogens with zero attached hydrogens (tertiary/aromatic N) is 1. The van der Waals surface area contributed by atoms with E-state index in [-0.39, 0.29) is 31.3 Å². The monoisotopic (exact) mass is 268 g/mol. The summed E-state index contributed by atoms with van der Waals surface area (Å²) in [5, 5.41) is 15.2. The minimum Gasteiger partial charge on any atom is -0.480 e. The molecule has 7 heteroatoms. The van der Waals surface area contributed by atoms with E-state index < -0.39 is 12.0 Å². The third kappa shape index (κ3) is 2.67. The van der Waals surface area contributed by atoms with Crippen LogP contribution in [0.25, 0.3) is 0 Å². The summed E-state index contributed by atoms with van der Waals surface area (Å²) < 4.78 is 0. The van der Waals surface area contributed by atoms with Gasteiger partial charge in [-0.05, 0) is 22.4 Å². The van der Waals surface area contributed by atoms with Crippen LogP contribution in [0.2, 0.25) is 0 Å². The lowest BCUT2D eigenvalue weighted by Crippen LogP contribution is -2.59. The summed E-state index contributed by atoms with van der Waals surface area (Å²) in [6.45, 7) is -0.233. The Morgan fingerprint density at radius 2 is 2.33 bits per heavy atom. The average Bonchev–Trinajstić information content (AvgIpc) is 2.81. The van der Waals surface area contributed by atoms with Crippen LogP contribution in [0.15, 0.2) is 16.8 Å². The van der Waals surface area contributed by atoms with Crippen molar-refractivity contribution in [3.05, 3.63) is 22.4 Å². The van der Waals surface area contributed by atoms with Gasteiger partial charge in [-0.3, -0.25) is 9.59 Å². The first kappa shape index (κ1) is 12.6. The smallest absolute Gasteiger partial charge is 0.328 e. The Bertz CT molecular complexity index is 471. The van der Waals surface area contributed by atoms with E-state index in [1.165, 1.54) is 11.3 Å². The van der Waals surface area contributed by atoms with Crippen molar-refractivity contribution >= 4 is 29.1 Å². The lowest BCUT2D eigenvalue weighted by molar-refractivity contribution is -0.153. The second kappa shape index (κ2) is 5.18. The zero-order chi connectivity index (χ0) is 13.1. The molecule has 1 unspecified atom stereocenters. The van der Waals surface area contributed by atoms with Crippen molar-refractivity contribution < 1.29 is 19.5 Å². The highest BCUT2D eigenvalue weighted by Gasteiger charge is 2.34. The summed E-state index contributed by atoms with van der Waals surface area (Å²) in [4.78, 5) is 35.4. The number of carbonyl (C=O) groups excluding carboxylic acids is 2. The average molecular weight is 268 g/mol. The zero-order valence-electron chi connectivity index (χ0n) is 9.46. The zero-order valence-corrected chi connectivity index (χ0v) is 10.3. The van der Waals surface area contributed by atoms with E-state index in [0.29, 0.717) is 0 Å². The molecule has 1 aromatic rings. The Kier molecular flexibility index (Phi) is 3.61. The molecule has 0 aromatic carbocycles. The quantitative estimate of drug-likeness (QED) is 0.788. The third-order valence-electron chi connectivity index (χ3n) is 2.72. The predicted octanol–water partition coefficient (Wildman–Crippen LogP) is -0.298. The normalized spacial score (nSPS) is 19.4. The number of rotatable bonds is 3. The third-order valence-corrected chi connectivity index (χ3v) is 3.46. The molecule has 2 N–H and O–H groups in total. The minimum absolute atomic E-state index is 0.0382. The van der Waals surface area contributed by atoms with Crippen LogP contribution in [0.3, 0.4) is 0 Å². The molecular formula is C11H12N2O4S. The number of carboxylic acid groups (broad SMARTS) is 1. The van der Waals surface area contributed by atoms with Gasteiger partial charge in [0.05, 0.1) is 6.42 Å². The van der Waals surface area contributed by atoms with Crippen molar-refractivity contribution in [2.75, 3.05) is 13.1 Å². The van der Waals surface area contributed by atoms with E-state index >= 15 is 0 Å².